The highest BCUT2D eigenvalue weighted by Gasteiger charge is 2.21. The summed E-state index contributed by atoms with van der Waals surface area (Å²) in [5, 5.41) is 0. The zero-order valence-electron chi connectivity index (χ0n) is 12.2. The highest BCUT2D eigenvalue weighted by Crippen LogP contribution is 2.19. The number of aryl methyl sites for hydroxylation is 1. The van der Waals surface area contributed by atoms with Gasteiger partial charge in [-0.25, -0.2) is 8.42 Å². The fourth-order valence-corrected chi connectivity index (χ4v) is 3.22. The number of benzene rings is 1. The summed E-state index contributed by atoms with van der Waals surface area (Å²) >= 11 is 0. The van der Waals surface area contributed by atoms with Gasteiger partial charge in [-0.2, -0.15) is 4.31 Å². The quantitative estimate of drug-likeness (QED) is 0.884. The van der Waals surface area contributed by atoms with Gasteiger partial charge in [0.2, 0.25) is 10.0 Å². The number of hydrogen-bond donors (Lipinski definition) is 1. The first kappa shape index (κ1) is 15.8. The molecule has 0 unspecified atom stereocenters. The van der Waals surface area contributed by atoms with Crippen LogP contribution in [0.4, 0.5) is 0 Å². The van der Waals surface area contributed by atoms with E-state index < -0.39 is 10.0 Å². The van der Waals surface area contributed by atoms with Gasteiger partial charge in [0.05, 0.1) is 11.2 Å². The Kier molecular flexibility index (Phi) is 4.82. The summed E-state index contributed by atoms with van der Waals surface area (Å²) < 4.78 is 31.5. The number of hydrogen-bond acceptors (Lipinski definition) is 4. The molecule has 0 fully saturated rings. The van der Waals surface area contributed by atoms with Crippen molar-refractivity contribution >= 4 is 10.0 Å². The molecule has 0 spiro atoms. The number of nitrogens with two attached hydrogens (primary N) is 1. The maximum atomic E-state index is 12.5. The van der Waals surface area contributed by atoms with Crippen molar-refractivity contribution in [2.45, 2.75) is 24.8 Å². The minimum Gasteiger partial charge on any atom is -0.469 e. The number of furan rings is 1. The third kappa shape index (κ3) is 3.53. The lowest BCUT2D eigenvalue weighted by atomic mass is 10.2. The smallest absolute Gasteiger partial charge is 0.243 e. The van der Waals surface area contributed by atoms with Crippen molar-refractivity contribution in [2.24, 2.45) is 5.73 Å². The van der Waals surface area contributed by atoms with E-state index in [2.05, 4.69) is 0 Å². The lowest BCUT2D eigenvalue weighted by Crippen LogP contribution is -2.26. The van der Waals surface area contributed by atoms with Crippen molar-refractivity contribution in [1.29, 1.82) is 0 Å². The van der Waals surface area contributed by atoms with E-state index in [0.29, 0.717) is 6.54 Å². The molecule has 1 aromatic heterocycles. The summed E-state index contributed by atoms with van der Waals surface area (Å²) in [5.74, 6) is 0.732. The first-order valence-corrected chi connectivity index (χ1v) is 8.17. The Labute approximate surface area is 125 Å². The molecule has 1 heterocycles. The SMILES string of the molecule is Cc1occc1CN(C)S(=O)(=O)c1ccc(CCN)cc1. The molecular weight excluding hydrogens is 288 g/mol. The molecule has 0 saturated carbocycles. The number of sulfonamides is 1. The highest BCUT2D eigenvalue weighted by molar-refractivity contribution is 7.89. The average molecular weight is 308 g/mol. The molecule has 2 aromatic rings. The maximum absolute atomic E-state index is 12.5. The Hall–Kier alpha value is -1.63. The van der Waals surface area contributed by atoms with E-state index in [1.165, 1.54) is 4.31 Å². The van der Waals surface area contributed by atoms with Crippen LogP contribution in [0.15, 0.2) is 45.9 Å². The van der Waals surface area contributed by atoms with Gasteiger partial charge in [-0.3, -0.25) is 0 Å². The second-order valence-electron chi connectivity index (χ2n) is 4.95. The molecule has 6 heteroatoms. The molecule has 0 aliphatic heterocycles. The molecule has 21 heavy (non-hydrogen) atoms. The van der Waals surface area contributed by atoms with Gasteiger partial charge in [0.1, 0.15) is 5.76 Å². The molecule has 1 aromatic carbocycles. The van der Waals surface area contributed by atoms with Crippen molar-refractivity contribution in [3.8, 4) is 0 Å². The van der Waals surface area contributed by atoms with Gasteiger partial charge in [0.15, 0.2) is 0 Å². The highest BCUT2D eigenvalue weighted by atomic mass is 32.2. The van der Waals surface area contributed by atoms with Gasteiger partial charge in [-0.05, 0) is 43.7 Å². The molecule has 0 atom stereocenters. The predicted octanol–water partition coefficient (Wildman–Crippen LogP) is 1.91. The molecule has 2 rings (SSSR count). The summed E-state index contributed by atoms with van der Waals surface area (Å²) in [6.45, 7) is 2.65. The van der Waals surface area contributed by atoms with Crippen LogP contribution in [0.5, 0.6) is 0 Å². The van der Waals surface area contributed by atoms with Crippen LogP contribution in [0.3, 0.4) is 0 Å². The topological polar surface area (TPSA) is 76.5 Å². The minimum atomic E-state index is -3.50. The Morgan fingerprint density at radius 3 is 2.38 bits per heavy atom. The lowest BCUT2D eigenvalue weighted by molar-refractivity contribution is 0.459. The minimum absolute atomic E-state index is 0.284. The van der Waals surface area contributed by atoms with Crippen LogP contribution in [0, 0.1) is 6.92 Å². The number of nitrogens with zero attached hydrogens (tertiary/aromatic N) is 1. The van der Waals surface area contributed by atoms with Gasteiger partial charge in [0, 0.05) is 19.2 Å². The molecular formula is C15H20N2O3S. The summed E-state index contributed by atoms with van der Waals surface area (Å²) in [4.78, 5) is 0.284. The Balaban J connectivity index is 2.18. The van der Waals surface area contributed by atoms with Crippen molar-refractivity contribution in [1.82, 2.24) is 4.31 Å². The third-order valence-electron chi connectivity index (χ3n) is 3.42. The second-order valence-corrected chi connectivity index (χ2v) is 6.99. The van der Waals surface area contributed by atoms with Gasteiger partial charge in [-0.15, -0.1) is 0 Å². The van der Waals surface area contributed by atoms with E-state index in [1.54, 1.807) is 43.6 Å². The van der Waals surface area contributed by atoms with Gasteiger partial charge in [0.25, 0.3) is 0 Å². The van der Waals surface area contributed by atoms with E-state index >= 15 is 0 Å². The van der Waals surface area contributed by atoms with E-state index in [1.807, 2.05) is 6.92 Å². The maximum Gasteiger partial charge on any atom is 0.243 e. The Morgan fingerprint density at radius 1 is 1.19 bits per heavy atom. The summed E-state index contributed by atoms with van der Waals surface area (Å²) in [6, 6.07) is 8.64. The first-order valence-electron chi connectivity index (χ1n) is 6.73. The molecule has 0 aliphatic rings. The summed E-state index contributed by atoms with van der Waals surface area (Å²) in [6.07, 6.45) is 2.30. The molecule has 114 valence electrons. The van der Waals surface area contributed by atoms with Crippen molar-refractivity contribution in [3.05, 3.63) is 53.5 Å². The molecule has 0 radical (unpaired) electrons. The fraction of sp³-hybridized carbons (Fsp3) is 0.333. The van der Waals surface area contributed by atoms with Crippen LogP contribution in [-0.2, 0) is 23.0 Å². The van der Waals surface area contributed by atoms with E-state index in [4.69, 9.17) is 10.2 Å². The van der Waals surface area contributed by atoms with Crippen LogP contribution in [0.25, 0.3) is 0 Å². The van der Waals surface area contributed by atoms with Crippen molar-refractivity contribution in [2.75, 3.05) is 13.6 Å². The zero-order chi connectivity index (χ0) is 15.5. The molecule has 2 N–H and O–H groups in total. The fourth-order valence-electron chi connectivity index (χ4n) is 2.07. The van der Waals surface area contributed by atoms with Gasteiger partial charge >= 0.3 is 0 Å². The lowest BCUT2D eigenvalue weighted by Gasteiger charge is -2.17. The summed E-state index contributed by atoms with van der Waals surface area (Å²) in [7, 11) is -1.94. The van der Waals surface area contributed by atoms with Crippen LogP contribution in [0.2, 0.25) is 0 Å². The monoisotopic (exact) mass is 308 g/mol. The molecule has 0 saturated heterocycles. The largest absolute Gasteiger partial charge is 0.469 e. The van der Waals surface area contributed by atoms with Crippen LogP contribution < -0.4 is 5.73 Å². The van der Waals surface area contributed by atoms with E-state index in [-0.39, 0.29) is 11.4 Å². The second kappa shape index (κ2) is 6.43. The normalized spacial score (nSPS) is 12.0. The van der Waals surface area contributed by atoms with Crippen molar-refractivity contribution < 1.29 is 12.8 Å². The molecule has 5 nitrogen and oxygen atoms in total. The Bertz CT molecular complexity index is 690. The van der Waals surface area contributed by atoms with Crippen LogP contribution in [0.1, 0.15) is 16.9 Å². The average Bonchev–Trinajstić information content (AvgIpc) is 2.85. The zero-order valence-corrected chi connectivity index (χ0v) is 13.1. The number of rotatable bonds is 6. The Morgan fingerprint density at radius 2 is 1.86 bits per heavy atom. The van der Waals surface area contributed by atoms with Crippen molar-refractivity contribution in [3.63, 3.8) is 0 Å². The van der Waals surface area contributed by atoms with E-state index in [9.17, 15) is 8.42 Å². The van der Waals surface area contributed by atoms with Crippen LogP contribution >= 0.6 is 0 Å². The first-order chi connectivity index (χ1) is 9.95. The molecule has 0 bridgehead atoms. The summed E-state index contributed by atoms with van der Waals surface area (Å²) in [5.41, 5.74) is 7.38. The van der Waals surface area contributed by atoms with Crippen LogP contribution in [-0.4, -0.2) is 26.3 Å². The van der Waals surface area contributed by atoms with Gasteiger partial charge in [-0.1, -0.05) is 12.1 Å². The predicted molar refractivity (Wildman–Crippen MR) is 81.3 cm³/mol. The van der Waals surface area contributed by atoms with E-state index in [0.717, 1.165) is 23.3 Å². The molecule has 0 aliphatic carbocycles. The standard InChI is InChI=1S/C15H20N2O3S/c1-12-14(8-10-20-12)11-17(2)21(18,19)15-5-3-13(4-6-15)7-9-16/h3-6,8,10H,7,9,11,16H2,1-2H3. The third-order valence-corrected chi connectivity index (χ3v) is 5.24. The van der Waals surface area contributed by atoms with Gasteiger partial charge < -0.3 is 10.2 Å². The molecule has 0 amide bonds.